The van der Waals surface area contributed by atoms with Gasteiger partial charge in [0, 0.05) is 11.9 Å². The average Bonchev–Trinajstić information content (AvgIpc) is 3.11. The first-order valence-electron chi connectivity index (χ1n) is 7.07. The third-order valence-corrected chi connectivity index (χ3v) is 5.21. The number of aromatic amines is 1. The number of H-pyrrole nitrogens is 1. The number of aromatic nitrogens is 1. The molecule has 25 heavy (non-hydrogen) atoms. The van der Waals surface area contributed by atoms with E-state index in [2.05, 4.69) is 9.71 Å². The van der Waals surface area contributed by atoms with Gasteiger partial charge in [0.05, 0.1) is 16.3 Å². The number of sulfonamides is 1. The molecular formula is C17H11ClFN3O2S. The molecular weight excluding hydrogens is 365 g/mol. The highest BCUT2D eigenvalue weighted by Crippen LogP contribution is 2.28. The van der Waals surface area contributed by atoms with Crippen molar-refractivity contribution in [1.82, 2.24) is 4.98 Å². The molecule has 0 atom stereocenters. The van der Waals surface area contributed by atoms with Crippen LogP contribution in [0.5, 0.6) is 0 Å². The predicted molar refractivity (Wildman–Crippen MR) is 93.2 cm³/mol. The van der Waals surface area contributed by atoms with Gasteiger partial charge in [0.1, 0.15) is 11.0 Å². The Morgan fingerprint density at radius 1 is 1.16 bits per heavy atom. The van der Waals surface area contributed by atoms with Gasteiger partial charge in [-0.15, -0.1) is 0 Å². The molecule has 1 heterocycles. The fourth-order valence-corrected chi connectivity index (χ4v) is 3.49. The second kappa shape index (κ2) is 6.59. The molecule has 0 amide bonds. The lowest BCUT2D eigenvalue weighted by atomic mass is 10.2. The monoisotopic (exact) mass is 375 g/mol. The number of hydrogen-bond donors (Lipinski definition) is 2. The lowest BCUT2D eigenvalue weighted by Gasteiger charge is -2.09. The Morgan fingerprint density at radius 2 is 1.88 bits per heavy atom. The lowest BCUT2D eigenvalue weighted by Crippen LogP contribution is -2.13. The van der Waals surface area contributed by atoms with E-state index in [0.717, 1.165) is 11.6 Å². The van der Waals surface area contributed by atoms with E-state index in [1.165, 1.54) is 18.3 Å². The summed E-state index contributed by atoms with van der Waals surface area (Å²) in [5.41, 5.74) is 1.03. The molecule has 0 saturated carbocycles. The van der Waals surface area contributed by atoms with Crippen LogP contribution >= 0.6 is 11.6 Å². The Balaban J connectivity index is 1.93. The highest BCUT2D eigenvalue weighted by atomic mass is 35.5. The van der Waals surface area contributed by atoms with E-state index in [1.807, 2.05) is 30.3 Å². The van der Waals surface area contributed by atoms with E-state index in [4.69, 9.17) is 16.9 Å². The Bertz CT molecular complexity index is 1070. The molecule has 0 aliphatic rings. The number of benzene rings is 2. The van der Waals surface area contributed by atoms with Gasteiger partial charge < -0.3 is 4.98 Å². The molecule has 0 bridgehead atoms. The minimum absolute atomic E-state index is 0.0498. The van der Waals surface area contributed by atoms with Crippen molar-refractivity contribution in [3.8, 4) is 17.3 Å². The van der Waals surface area contributed by atoms with Crippen molar-refractivity contribution in [2.45, 2.75) is 4.90 Å². The summed E-state index contributed by atoms with van der Waals surface area (Å²) in [4.78, 5) is 2.83. The summed E-state index contributed by atoms with van der Waals surface area (Å²) in [6.45, 7) is 0. The molecule has 1 aromatic heterocycles. The topological polar surface area (TPSA) is 85.8 Å². The highest BCUT2D eigenvalue weighted by Gasteiger charge is 2.20. The van der Waals surface area contributed by atoms with Crippen LogP contribution in [0.3, 0.4) is 0 Å². The van der Waals surface area contributed by atoms with Crippen molar-refractivity contribution in [2.24, 2.45) is 0 Å². The Labute approximate surface area is 148 Å². The molecule has 3 aromatic rings. The lowest BCUT2D eigenvalue weighted by molar-refractivity contribution is 0.598. The van der Waals surface area contributed by atoms with Crippen molar-refractivity contribution >= 4 is 27.3 Å². The zero-order valence-electron chi connectivity index (χ0n) is 12.6. The summed E-state index contributed by atoms with van der Waals surface area (Å²) in [5.74, 6) is -0.997. The summed E-state index contributed by atoms with van der Waals surface area (Å²) >= 11 is 5.72. The standard InChI is InChI=1S/C17H11ClFN3O2S/c18-16-12(9-20)6-7-14(17(16)19)22-25(23,24)13-8-15(21-10-13)11-4-2-1-3-5-11/h1-8,10,21-22H. The minimum Gasteiger partial charge on any atom is -0.360 e. The molecule has 5 nitrogen and oxygen atoms in total. The van der Waals surface area contributed by atoms with Crippen LogP contribution in [0.4, 0.5) is 10.1 Å². The van der Waals surface area contributed by atoms with E-state index in [1.54, 1.807) is 6.07 Å². The molecule has 0 radical (unpaired) electrons. The first-order chi connectivity index (χ1) is 11.9. The first-order valence-corrected chi connectivity index (χ1v) is 8.93. The Kier molecular flexibility index (Phi) is 4.49. The van der Waals surface area contributed by atoms with Gasteiger partial charge in [-0.2, -0.15) is 5.26 Å². The van der Waals surface area contributed by atoms with Crippen molar-refractivity contribution < 1.29 is 12.8 Å². The predicted octanol–water partition coefficient (Wildman–Crippen LogP) is 4.15. The van der Waals surface area contributed by atoms with Crippen LogP contribution in [0.2, 0.25) is 5.02 Å². The SMILES string of the molecule is N#Cc1ccc(NS(=O)(=O)c2c[nH]c(-c3ccccc3)c2)c(F)c1Cl. The molecule has 0 aliphatic heterocycles. The van der Waals surface area contributed by atoms with Crippen molar-refractivity contribution in [2.75, 3.05) is 4.72 Å². The summed E-state index contributed by atoms with van der Waals surface area (Å²) in [5, 5.41) is 8.38. The fourth-order valence-electron chi connectivity index (χ4n) is 2.23. The fraction of sp³-hybridized carbons (Fsp3) is 0. The van der Waals surface area contributed by atoms with Crippen LogP contribution in [0, 0.1) is 17.1 Å². The van der Waals surface area contributed by atoms with Crippen LogP contribution in [0.1, 0.15) is 5.56 Å². The zero-order valence-corrected chi connectivity index (χ0v) is 14.2. The summed E-state index contributed by atoms with van der Waals surface area (Å²) in [6.07, 6.45) is 1.31. The van der Waals surface area contributed by atoms with Crippen molar-refractivity contribution in [1.29, 1.82) is 5.26 Å². The van der Waals surface area contributed by atoms with E-state index in [0.29, 0.717) is 5.69 Å². The number of rotatable bonds is 4. The molecule has 8 heteroatoms. The molecule has 0 unspecified atom stereocenters. The molecule has 2 aromatic carbocycles. The smallest absolute Gasteiger partial charge is 0.263 e. The van der Waals surface area contributed by atoms with Gasteiger partial charge in [0.2, 0.25) is 0 Å². The third kappa shape index (κ3) is 3.36. The van der Waals surface area contributed by atoms with E-state index >= 15 is 0 Å². The molecule has 3 rings (SSSR count). The first kappa shape index (κ1) is 17.0. The maximum Gasteiger partial charge on any atom is 0.263 e. The summed E-state index contributed by atoms with van der Waals surface area (Å²) < 4.78 is 41.2. The number of nitrogens with one attached hydrogen (secondary N) is 2. The van der Waals surface area contributed by atoms with Crippen LogP contribution in [-0.4, -0.2) is 13.4 Å². The second-order valence-corrected chi connectivity index (χ2v) is 7.18. The number of nitrogens with zero attached hydrogens (tertiary/aromatic N) is 1. The molecule has 2 N–H and O–H groups in total. The zero-order chi connectivity index (χ0) is 18.0. The minimum atomic E-state index is -4.02. The van der Waals surface area contributed by atoms with Crippen molar-refractivity contribution in [3.63, 3.8) is 0 Å². The molecule has 126 valence electrons. The third-order valence-electron chi connectivity index (χ3n) is 3.50. The van der Waals surface area contributed by atoms with Crippen LogP contribution in [0.15, 0.2) is 59.6 Å². The maximum absolute atomic E-state index is 14.1. The molecule has 0 aliphatic carbocycles. The number of hydrogen-bond acceptors (Lipinski definition) is 3. The van der Waals surface area contributed by atoms with Gasteiger partial charge in [-0.1, -0.05) is 41.9 Å². The Hall–Kier alpha value is -2.82. The van der Waals surface area contributed by atoms with E-state index in [9.17, 15) is 12.8 Å². The molecule has 0 fully saturated rings. The highest BCUT2D eigenvalue weighted by molar-refractivity contribution is 7.92. The van der Waals surface area contributed by atoms with Crippen LogP contribution in [0.25, 0.3) is 11.3 Å². The summed E-state index contributed by atoms with van der Waals surface area (Å²) in [7, 11) is -4.02. The van der Waals surface area contributed by atoms with Crippen molar-refractivity contribution in [3.05, 3.63) is 71.1 Å². The number of halogens is 2. The Morgan fingerprint density at radius 3 is 2.56 bits per heavy atom. The van der Waals surface area contributed by atoms with Gasteiger partial charge in [-0.05, 0) is 23.8 Å². The second-order valence-electron chi connectivity index (χ2n) is 5.12. The molecule has 0 spiro atoms. The summed E-state index contributed by atoms with van der Waals surface area (Å²) in [6, 6.07) is 14.7. The van der Waals surface area contributed by atoms with Gasteiger partial charge in [-0.3, -0.25) is 4.72 Å². The normalized spacial score (nSPS) is 11.1. The van der Waals surface area contributed by atoms with Gasteiger partial charge in [0.25, 0.3) is 10.0 Å². The largest absolute Gasteiger partial charge is 0.360 e. The number of anilines is 1. The van der Waals surface area contributed by atoms with Gasteiger partial charge in [0.15, 0.2) is 5.82 Å². The van der Waals surface area contributed by atoms with Gasteiger partial charge >= 0.3 is 0 Å². The van der Waals surface area contributed by atoms with Crippen LogP contribution < -0.4 is 4.72 Å². The number of nitriles is 1. The van der Waals surface area contributed by atoms with Gasteiger partial charge in [-0.25, -0.2) is 12.8 Å². The quantitative estimate of drug-likeness (QED) is 0.718. The maximum atomic E-state index is 14.1. The van der Waals surface area contributed by atoms with E-state index in [-0.39, 0.29) is 16.1 Å². The average molecular weight is 376 g/mol. The van der Waals surface area contributed by atoms with Crippen LogP contribution in [-0.2, 0) is 10.0 Å². The van der Waals surface area contributed by atoms with E-state index < -0.39 is 20.9 Å². The molecule has 0 saturated heterocycles.